The highest BCUT2D eigenvalue weighted by Gasteiger charge is 2.22. The molecule has 21 heavy (non-hydrogen) atoms. The van der Waals surface area contributed by atoms with E-state index in [1.807, 2.05) is 0 Å². The molecule has 0 atom stereocenters. The lowest BCUT2D eigenvalue weighted by Gasteiger charge is -2.03. The van der Waals surface area contributed by atoms with Crippen molar-refractivity contribution in [3.8, 4) is 11.3 Å². The molecule has 0 fully saturated rings. The lowest BCUT2D eigenvalue weighted by molar-refractivity contribution is 0.0691. The molecule has 0 spiro atoms. The number of nitrogens with zero attached hydrogens (tertiary/aromatic N) is 5. The van der Waals surface area contributed by atoms with Gasteiger partial charge in [0, 0.05) is 18.8 Å². The minimum absolute atomic E-state index is 0.117. The third-order valence-electron chi connectivity index (χ3n) is 2.85. The molecule has 0 bridgehead atoms. The molecular formula is C12H10BrN5O3. The van der Waals surface area contributed by atoms with Crippen LogP contribution in [0.2, 0.25) is 0 Å². The Morgan fingerprint density at radius 1 is 1.48 bits per heavy atom. The number of halogens is 1. The molecule has 0 amide bonds. The fourth-order valence-electron chi connectivity index (χ4n) is 1.98. The smallest absolute Gasteiger partial charge is 0.358 e. The second-order valence-corrected chi connectivity index (χ2v) is 5.14. The van der Waals surface area contributed by atoms with Gasteiger partial charge in [0.25, 0.3) is 0 Å². The van der Waals surface area contributed by atoms with Gasteiger partial charge in [-0.1, -0.05) is 5.21 Å². The summed E-state index contributed by atoms with van der Waals surface area (Å²) in [5, 5.41) is 20.9. The molecule has 1 N–H and O–H groups in total. The average molecular weight is 352 g/mol. The SMILES string of the molecule is Cn1cc(-c2c(C(=O)O)nnn2Cc2ccc(Br)o2)cn1. The van der Waals surface area contributed by atoms with Crippen molar-refractivity contribution in [3.05, 3.63) is 40.7 Å². The Hall–Kier alpha value is -2.42. The molecule has 0 saturated heterocycles. The van der Waals surface area contributed by atoms with Crippen molar-refractivity contribution in [2.24, 2.45) is 7.05 Å². The molecule has 0 radical (unpaired) electrons. The fraction of sp³-hybridized carbons (Fsp3) is 0.167. The zero-order valence-electron chi connectivity index (χ0n) is 10.9. The number of aromatic nitrogens is 5. The van der Waals surface area contributed by atoms with Crippen LogP contribution in [0.15, 0.2) is 33.6 Å². The Morgan fingerprint density at radius 3 is 2.86 bits per heavy atom. The molecule has 0 aliphatic rings. The van der Waals surface area contributed by atoms with Crippen molar-refractivity contribution < 1.29 is 14.3 Å². The van der Waals surface area contributed by atoms with Crippen LogP contribution in [-0.4, -0.2) is 35.9 Å². The van der Waals surface area contributed by atoms with E-state index in [0.717, 1.165) is 0 Å². The molecule has 3 aromatic heterocycles. The lowest BCUT2D eigenvalue weighted by atomic mass is 10.2. The molecule has 0 aliphatic heterocycles. The van der Waals surface area contributed by atoms with Crippen LogP contribution in [-0.2, 0) is 13.6 Å². The van der Waals surface area contributed by atoms with E-state index in [1.165, 1.54) is 4.68 Å². The molecule has 3 heterocycles. The van der Waals surface area contributed by atoms with Crippen molar-refractivity contribution in [2.45, 2.75) is 6.54 Å². The Labute approximate surface area is 127 Å². The van der Waals surface area contributed by atoms with Gasteiger partial charge in [0.1, 0.15) is 18.0 Å². The van der Waals surface area contributed by atoms with Crippen LogP contribution in [0.25, 0.3) is 11.3 Å². The van der Waals surface area contributed by atoms with Gasteiger partial charge in [-0.25, -0.2) is 9.48 Å². The number of aryl methyl sites for hydroxylation is 1. The molecule has 3 rings (SSSR count). The Bertz CT molecular complexity index is 804. The van der Waals surface area contributed by atoms with Gasteiger partial charge in [-0.3, -0.25) is 4.68 Å². The molecule has 0 aliphatic carbocycles. The van der Waals surface area contributed by atoms with E-state index in [-0.39, 0.29) is 12.2 Å². The molecule has 9 heteroatoms. The highest BCUT2D eigenvalue weighted by atomic mass is 79.9. The molecule has 3 aromatic rings. The van der Waals surface area contributed by atoms with Crippen molar-refractivity contribution in [3.63, 3.8) is 0 Å². The summed E-state index contributed by atoms with van der Waals surface area (Å²) in [6.45, 7) is 0.274. The van der Waals surface area contributed by atoms with E-state index >= 15 is 0 Å². The maximum absolute atomic E-state index is 11.3. The number of hydrogen-bond acceptors (Lipinski definition) is 5. The molecular weight excluding hydrogens is 342 g/mol. The largest absolute Gasteiger partial charge is 0.476 e. The van der Waals surface area contributed by atoms with Crippen LogP contribution >= 0.6 is 15.9 Å². The van der Waals surface area contributed by atoms with Crippen LogP contribution in [0.5, 0.6) is 0 Å². The number of rotatable bonds is 4. The first kappa shape index (κ1) is 13.6. The van der Waals surface area contributed by atoms with Gasteiger partial charge in [0.15, 0.2) is 10.4 Å². The normalized spacial score (nSPS) is 11.0. The van der Waals surface area contributed by atoms with Gasteiger partial charge in [-0.2, -0.15) is 5.10 Å². The minimum Gasteiger partial charge on any atom is -0.476 e. The number of aromatic carboxylic acids is 1. The van der Waals surface area contributed by atoms with E-state index < -0.39 is 5.97 Å². The molecule has 0 aromatic carbocycles. The van der Waals surface area contributed by atoms with Gasteiger partial charge in [-0.15, -0.1) is 5.10 Å². The zero-order valence-corrected chi connectivity index (χ0v) is 12.5. The standard InChI is InChI=1S/C12H10BrN5O3/c1-17-5-7(4-14-17)11-10(12(19)20)15-16-18(11)6-8-2-3-9(13)21-8/h2-5H,6H2,1H3,(H,19,20). The molecule has 0 saturated carbocycles. The van der Waals surface area contributed by atoms with E-state index in [1.54, 1.807) is 36.3 Å². The molecule has 0 unspecified atom stereocenters. The monoisotopic (exact) mass is 351 g/mol. The second-order valence-electron chi connectivity index (χ2n) is 4.36. The highest BCUT2D eigenvalue weighted by molar-refractivity contribution is 9.10. The maximum Gasteiger partial charge on any atom is 0.358 e. The number of hydrogen-bond donors (Lipinski definition) is 1. The second kappa shape index (κ2) is 5.17. The summed E-state index contributed by atoms with van der Waals surface area (Å²) < 4.78 is 9.07. The van der Waals surface area contributed by atoms with Crippen LogP contribution in [0.1, 0.15) is 16.2 Å². The third-order valence-corrected chi connectivity index (χ3v) is 3.28. The number of furan rings is 1. The van der Waals surface area contributed by atoms with Crippen LogP contribution in [0.3, 0.4) is 0 Å². The lowest BCUT2D eigenvalue weighted by Crippen LogP contribution is -2.05. The van der Waals surface area contributed by atoms with Crippen molar-refractivity contribution in [1.29, 1.82) is 0 Å². The quantitative estimate of drug-likeness (QED) is 0.769. The maximum atomic E-state index is 11.3. The molecule has 108 valence electrons. The summed E-state index contributed by atoms with van der Waals surface area (Å²) >= 11 is 3.22. The first-order valence-corrected chi connectivity index (χ1v) is 6.74. The van der Waals surface area contributed by atoms with E-state index in [0.29, 0.717) is 21.7 Å². The first-order valence-electron chi connectivity index (χ1n) is 5.94. The summed E-state index contributed by atoms with van der Waals surface area (Å²) in [7, 11) is 1.75. The minimum atomic E-state index is -1.14. The van der Waals surface area contributed by atoms with Gasteiger partial charge in [-0.05, 0) is 28.1 Å². The number of carboxylic acid groups (broad SMARTS) is 1. The van der Waals surface area contributed by atoms with Crippen molar-refractivity contribution in [2.75, 3.05) is 0 Å². The van der Waals surface area contributed by atoms with Gasteiger partial charge >= 0.3 is 5.97 Å². The summed E-state index contributed by atoms with van der Waals surface area (Å²) in [4.78, 5) is 11.3. The van der Waals surface area contributed by atoms with E-state index in [4.69, 9.17) is 4.42 Å². The van der Waals surface area contributed by atoms with E-state index in [2.05, 4.69) is 31.3 Å². The summed E-state index contributed by atoms with van der Waals surface area (Å²) in [6, 6.07) is 3.54. The van der Waals surface area contributed by atoms with Crippen LogP contribution in [0.4, 0.5) is 0 Å². The zero-order chi connectivity index (χ0) is 15.0. The molecule has 8 nitrogen and oxygen atoms in total. The van der Waals surface area contributed by atoms with Gasteiger partial charge in [0.05, 0.1) is 6.20 Å². The number of carbonyl (C=O) groups is 1. The third kappa shape index (κ3) is 2.59. The number of carboxylic acids is 1. The van der Waals surface area contributed by atoms with E-state index in [9.17, 15) is 9.90 Å². The fourth-order valence-corrected chi connectivity index (χ4v) is 2.32. The summed E-state index contributed by atoms with van der Waals surface area (Å²) in [5.74, 6) is -0.505. The predicted molar refractivity (Wildman–Crippen MR) is 74.7 cm³/mol. The van der Waals surface area contributed by atoms with Crippen molar-refractivity contribution in [1.82, 2.24) is 24.8 Å². The summed E-state index contributed by atoms with van der Waals surface area (Å²) in [5.41, 5.74) is 0.905. The Balaban J connectivity index is 2.06. The first-order chi connectivity index (χ1) is 10.0. The average Bonchev–Trinajstić information content (AvgIpc) is 3.10. The van der Waals surface area contributed by atoms with Crippen LogP contribution in [0, 0.1) is 0 Å². The van der Waals surface area contributed by atoms with Crippen molar-refractivity contribution >= 4 is 21.9 Å². The van der Waals surface area contributed by atoms with Gasteiger partial charge in [0.2, 0.25) is 0 Å². The predicted octanol–water partition coefficient (Wildman–Crippen LogP) is 1.78. The van der Waals surface area contributed by atoms with Crippen LogP contribution < -0.4 is 0 Å². The Kier molecular flexibility index (Phi) is 3.34. The topological polar surface area (TPSA) is 99.0 Å². The Morgan fingerprint density at radius 2 is 2.29 bits per heavy atom. The van der Waals surface area contributed by atoms with Gasteiger partial charge < -0.3 is 9.52 Å². The summed E-state index contributed by atoms with van der Waals surface area (Å²) in [6.07, 6.45) is 3.28. The highest BCUT2D eigenvalue weighted by Crippen LogP contribution is 2.23.